The van der Waals surface area contributed by atoms with Crippen LogP contribution in [0.5, 0.6) is 0 Å². The third-order valence-corrected chi connectivity index (χ3v) is 5.69. The molecule has 0 saturated heterocycles. The van der Waals surface area contributed by atoms with Gasteiger partial charge in [-0.15, -0.1) is 0 Å². The summed E-state index contributed by atoms with van der Waals surface area (Å²) in [6.45, 7) is 0.703. The number of carbonyl (C=O) groups excluding carboxylic acids is 1. The first-order valence-electron chi connectivity index (χ1n) is 8.91. The Morgan fingerprint density at radius 1 is 1.24 bits per heavy atom. The van der Waals surface area contributed by atoms with Crippen molar-refractivity contribution in [2.45, 2.75) is 44.4 Å². The second kappa shape index (κ2) is 9.06. The van der Waals surface area contributed by atoms with Gasteiger partial charge in [0.05, 0.1) is 17.2 Å². The van der Waals surface area contributed by atoms with Gasteiger partial charge in [-0.3, -0.25) is 4.79 Å². The maximum absolute atomic E-state index is 13.3. The maximum Gasteiger partial charge on any atom is 0.417 e. The van der Waals surface area contributed by atoms with Crippen molar-refractivity contribution in [1.29, 1.82) is 0 Å². The van der Waals surface area contributed by atoms with Gasteiger partial charge >= 0.3 is 6.18 Å². The van der Waals surface area contributed by atoms with E-state index in [1.807, 2.05) is 0 Å². The molecule has 1 aromatic rings. The number of likely N-dealkylation sites (N-methyl/N-ethyl adjacent to an activating group) is 1. The van der Waals surface area contributed by atoms with Crippen LogP contribution in [0.1, 0.15) is 31.7 Å². The fraction of sp³-hybridized carbons (Fsp3) is 0.450. The highest BCUT2D eigenvalue weighted by atomic mass is 35.5. The van der Waals surface area contributed by atoms with Crippen molar-refractivity contribution in [3.63, 3.8) is 0 Å². The molecule has 2 unspecified atom stereocenters. The van der Waals surface area contributed by atoms with Gasteiger partial charge in [0.25, 0.3) is 0 Å². The lowest BCUT2D eigenvalue weighted by atomic mass is 9.83. The van der Waals surface area contributed by atoms with Crippen LogP contribution >= 0.6 is 23.2 Å². The Morgan fingerprint density at radius 3 is 2.38 bits per heavy atom. The van der Waals surface area contributed by atoms with E-state index in [1.54, 1.807) is 0 Å². The molecule has 0 radical (unpaired) electrons. The van der Waals surface area contributed by atoms with Crippen LogP contribution in [0.25, 0.3) is 0 Å². The first-order valence-corrected chi connectivity index (χ1v) is 9.66. The lowest BCUT2D eigenvalue weighted by Gasteiger charge is -2.34. The predicted octanol–water partition coefficient (Wildman–Crippen LogP) is 5.51. The Bertz CT molecular complexity index is 817. The fourth-order valence-corrected chi connectivity index (χ4v) is 3.88. The topological polar surface area (TPSA) is 40.5 Å². The molecule has 29 heavy (non-hydrogen) atoms. The number of hydrogen-bond acceptors (Lipinski definition) is 2. The molecule has 2 atom stereocenters. The maximum atomic E-state index is 13.3. The Balaban J connectivity index is 2.31. The second-order valence-corrected chi connectivity index (χ2v) is 8.03. The number of hydrogen-bond donors (Lipinski definition) is 1. The first-order chi connectivity index (χ1) is 13.3. The lowest BCUT2D eigenvalue weighted by molar-refractivity contribution is -0.267. The van der Waals surface area contributed by atoms with E-state index in [4.69, 9.17) is 23.2 Å². The highest BCUT2D eigenvalue weighted by Crippen LogP contribution is 2.42. The number of allylic oxidation sites excluding steroid dienone is 2. The molecule has 1 N–H and O–H groups in total. The van der Waals surface area contributed by atoms with E-state index < -0.39 is 29.4 Å². The van der Waals surface area contributed by atoms with Crippen molar-refractivity contribution in [1.82, 2.24) is 4.90 Å². The Hall–Kier alpha value is -1.57. The molecule has 1 aromatic carbocycles. The van der Waals surface area contributed by atoms with Gasteiger partial charge in [0.15, 0.2) is 5.60 Å². The standard InChI is InChI=1S/C20H21Cl2F4NO2/c1-19(29,20(24,25)26)13-4-3-5-15(21)18(16(22)11-13)27(2)17(28)10-12-6-8-14(23)9-7-12/h6-9,11,13,29H,3-5,10H2,1-2H3/b16-11+,18-15-. The molecule has 0 heterocycles. The largest absolute Gasteiger partial charge is 0.417 e. The molecule has 0 spiro atoms. The average molecular weight is 454 g/mol. The number of amides is 1. The molecule has 0 fully saturated rings. The van der Waals surface area contributed by atoms with Crippen LogP contribution in [-0.2, 0) is 11.2 Å². The molecular formula is C20H21Cl2F4NO2. The van der Waals surface area contributed by atoms with Gasteiger partial charge in [-0.2, -0.15) is 13.2 Å². The fourth-order valence-electron chi connectivity index (χ4n) is 3.08. The SMILES string of the molecule is CN(C(=O)Cc1ccc(F)cc1)C1=C(\Cl)CCCC(C(C)(O)C(F)(F)F)/C=C\1Cl. The predicted molar refractivity (Wildman–Crippen MR) is 104 cm³/mol. The zero-order valence-corrected chi connectivity index (χ0v) is 17.4. The minimum atomic E-state index is -4.84. The van der Waals surface area contributed by atoms with Gasteiger partial charge in [-0.25, -0.2) is 4.39 Å². The van der Waals surface area contributed by atoms with E-state index in [9.17, 15) is 27.5 Å². The van der Waals surface area contributed by atoms with Crippen LogP contribution in [-0.4, -0.2) is 34.7 Å². The monoisotopic (exact) mass is 453 g/mol. The van der Waals surface area contributed by atoms with Gasteiger partial charge in [0.2, 0.25) is 5.91 Å². The smallest absolute Gasteiger partial charge is 0.380 e. The van der Waals surface area contributed by atoms with Crippen molar-refractivity contribution < 1.29 is 27.5 Å². The molecule has 1 amide bonds. The van der Waals surface area contributed by atoms with Gasteiger partial charge in [0, 0.05) is 18.0 Å². The van der Waals surface area contributed by atoms with Gasteiger partial charge in [-0.05, 0) is 43.9 Å². The summed E-state index contributed by atoms with van der Waals surface area (Å²) >= 11 is 12.6. The van der Waals surface area contributed by atoms with Crippen LogP contribution in [0.15, 0.2) is 46.1 Å². The van der Waals surface area contributed by atoms with E-state index in [2.05, 4.69) is 0 Å². The van der Waals surface area contributed by atoms with Crippen molar-refractivity contribution >= 4 is 29.1 Å². The molecule has 0 aliphatic heterocycles. The molecule has 3 nitrogen and oxygen atoms in total. The zero-order valence-electron chi connectivity index (χ0n) is 15.9. The third-order valence-electron chi connectivity index (χ3n) is 5.02. The first kappa shape index (κ1) is 23.7. The Labute approximate surface area is 176 Å². The lowest BCUT2D eigenvalue weighted by Crippen LogP contribution is -2.48. The number of halogens is 6. The Morgan fingerprint density at radius 2 is 1.83 bits per heavy atom. The van der Waals surface area contributed by atoms with E-state index in [0.717, 1.165) is 6.08 Å². The quantitative estimate of drug-likeness (QED) is 0.610. The second-order valence-electron chi connectivity index (χ2n) is 7.17. The van der Waals surface area contributed by atoms with Gasteiger partial charge < -0.3 is 10.0 Å². The van der Waals surface area contributed by atoms with Crippen LogP contribution in [0.3, 0.4) is 0 Å². The van der Waals surface area contributed by atoms with E-state index in [1.165, 1.54) is 36.2 Å². The van der Waals surface area contributed by atoms with E-state index in [0.29, 0.717) is 12.5 Å². The number of carbonyl (C=O) groups is 1. The Kier molecular flexibility index (Phi) is 7.41. The van der Waals surface area contributed by atoms with Crippen molar-refractivity contribution in [3.05, 3.63) is 57.5 Å². The minimum absolute atomic E-state index is 0.0273. The summed E-state index contributed by atoms with van der Waals surface area (Å²) in [6.07, 6.45) is -3.30. The molecule has 1 aliphatic carbocycles. The number of alkyl halides is 3. The van der Waals surface area contributed by atoms with Crippen LogP contribution in [0.4, 0.5) is 17.6 Å². The molecule has 1 aliphatic rings. The number of nitrogens with zero attached hydrogens (tertiary/aromatic N) is 1. The number of aliphatic hydroxyl groups is 1. The highest BCUT2D eigenvalue weighted by molar-refractivity contribution is 6.35. The number of benzene rings is 1. The van der Waals surface area contributed by atoms with Crippen molar-refractivity contribution in [3.8, 4) is 0 Å². The summed E-state index contributed by atoms with van der Waals surface area (Å²) < 4.78 is 52.8. The molecule has 0 saturated carbocycles. The summed E-state index contributed by atoms with van der Waals surface area (Å²) in [6, 6.07) is 5.37. The zero-order chi connectivity index (χ0) is 22.0. The molecular weight excluding hydrogens is 433 g/mol. The van der Waals surface area contributed by atoms with Gasteiger partial charge in [-0.1, -0.05) is 41.4 Å². The van der Waals surface area contributed by atoms with Crippen LogP contribution in [0, 0.1) is 11.7 Å². The molecule has 0 bridgehead atoms. The molecule has 0 aromatic heterocycles. The molecule has 9 heteroatoms. The van der Waals surface area contributed by atoms with E-state index in [-0.39, 0.29) is 41.4 Å². The van der Waals surface area contributed by atoms with Gasteiger partial charge in [0.1, 0.15) is 5.82 Å². The van der Waals surface area contributed by atoms with Crippen LogP contribution in [0.2, 0.25) is 0 Å². The summed E-state index contributed by atoms with van der Waals surface area (Å²) in [5, 5.41) is 10.1. The number of rotatable bonds is 4. The highest BCUT2D eigenvalue weighted by Gasteiger charge is 2.54. The molecule has 2 rings (SSSR count). The van der Waals surface area contributed by atoms with Crippen LogP contribution < -0.4 is 0 Å². The molecule has 160 valence electrons. The minimum Gasteiger partial charge on any atom is -0.380 e. The third kappa shape index (κ3) is 5.53. The van der Waals surface area contributed by atoms with Crippen molar-refractivity contribution in [2.24, 2.45) is 5.92 Å². The van der Waals surface area contributed by atoms with Crippen molar-refractivity contribution in [2.75, 3.05) is 7.05 Å². The summed E-state index contributed by atoms with van der Waals surface area (Å²) in [4.78, 5) is 13.8. The summed E-state index contributed by atoms with van der Waals surface area (Å²) in [7, 11) is 1.41. The normalized spacial score (nSPS) is 24.7. The summed E-state index contributed by atoms with van der Waals surface area (Å²) in [5.41, 5.74) is -2.31. The van der Waals surface area contributed by atoms with E-state index >= 15 is 0 Å². The summed E-state index contributed by atoms with van der Waals surface area (Å²) in [5.74, 6) is -2.15. The average Bonchev–Trinajstić information content (AvgIpc) is 2.60.